The summed E-state index contributed by atoms with van der Waals surface area (Å²) in [4.78, 5) is 26.1. The number of halogens is 1. The van der Waals surface area contributed by atoms with Gasteiger partial charge in [0.15, 0.2) is 5.54 Å². The van der Waals surface area contributed by atoms with Crippen LogP contribution in [0.15, 0.2) is 28.7 Å². The minimum absolute atomic E-state index is 0.0606. The fourth-order valence-corrected chi connectivity index (χ4v) is 4.91. The highest BCUT2D eigenvalue weighted by atomic mass is 79.9. The molecule has 1 fully saturated rings. The average molecular weight is 400 g/mol. The van der Waals surface area contributed by atoms with Gasteiger partial charge in [-0.15, -0.1) is 11.8 Å². The molecular weight excluding hydrogens is 378 g/mol. The van der Waals surface area contributed by atoms with Crippen molar-refractivity contribution in [3.05, 3.63) is 34.3 Å². The second-order valence-corrected chi connectivity index (χ2v) is 8.85. The van der Waals surface area contributed by atoms with Gasteiger partial charge in [-0.2, -0.15) is 0 Å². The Labute approximate surface area is 150 Å². The van der Waals surface area contributed by atoms with Crippen LogP contribution in [0.3, 0.4) is 0 Å². The first kappa shape index (κ1) is 18.3. The third kappa shape index (κ3) is 3.58. The quantitative estimate of drug-likeness (QED) is 0.574. The number of carbonyl (C=O) groups is 2. The number of nitrogens with zero attached hydrogens (tertiary/aromatic N) is 1. The zero-order chi connectivity index (χ0) is 17.3. The number of hydrogen-bond acceptors (Lipinski definition) is 4. The van der Waals surface area contributed by atoms with Crippen LogP contribution in [-0.4, -0.2) is 41.1 Å². The standard InChI is InChI=1S/C17H22BrNO3S/c1-16(2,3)14-19(11-20)17(10-23-14,15(21)22-4)9-12-5-7-13(18)8-6-12/h5-8,11,14H,9-10H2,1-4H3/t14-,17+/m1/s1. The van der Waals surface area contributed by atoms with E-state index in [1.54, 1.807) is 16.7 Å². The van der Waals surface area contributed by atoms with Gasteiger partial charge in [0.25, 0.3) is 0 Å². The first-order chi connectivity index (χ1) is 10.7. The molecule has 0 N–H and O–H groups in total. The fraction of sp³-hybridized carbons (Fsp3) is 0.529. The first-order valence-corrected chi connectivity index (χ1v) is 9.27. The molecule has 126 valence electrons. The summed E-state index contributed by atoms with van der Waals surface area (Å²) in [5.41, 5.74) is -0.0748. The SMILES string of the molecule is COC(=O)[C@]1(Cc2ccc(Br)cc2)CS[C@H](C(C)(C)C)N1C=O. The summed E-state index contributed by atoms with van der Waals surface area (Å²) in [6, 6.07) is 7.81. The lowest BCUT2D eigenvalue weighted by Gasteiger charge is -2.39. The van der Waals surface area contributed by atoms with Crippen molar-refractivity contribution in [2.75, 3.05) is 12.9 Å². The highest BCUT2D eigenvalue weighted by Crippen LogP contribution is 2.46. The zero-order valence-corrected chi connectivity index (χ0v) is 16.2. The van der Waals surface area contributed by atoms with Crippen LogP contribution in [0.5, 0.6) is 0 Å². The van der Waals surface area contributed by atoms with Gasteiger partial charge in [-0.05, 0) is 23.1 Å². The molecule has 0 radical (unpaired) electrons. The summed E-state index contributed by atoms with van der Waals surface area (Å²) in [5.74, 6) is 0.183. The van der Waals surface area contributed by atoms with Crippen molar-refractivity contribution >= 4 is 40.1 Å². The molecule has 0 spiro atoms. The van der Waals surface area contributed by atoms with Crippen LogP contribution in [-0.2, 0) is 20.7 Å². The molecule has 1 amide bonds. The highest BCUT2D eigenvalue weighted by Gasteiger charge is 2.55. The number of hydrogen-bond donors (Lipinski definition) is 0. The van der Waals surface area contributed by atoms with E-state index in [9.17, 15) is 9.59 Å². The van der Waals surface area contributed by atoms with Gasteiger partial charge >= 0.3 is 5.97 Å². The molecule has 0 bridgehead atoms. The van der Waals surface area contributed by atoms with Gasteiger partial charge in [-0.1, -0.05) is 48.8 Å². The second kappa shape index (κ2) is 6.85. The van der Waals surface area contributed by atoms with Crippen LogP contribution in [0.4, 0.5) is 0 Å². The van der Waals surface area contributed by atoms with E-state index in [1.165, 1.54) is 7.11 Å². The number of thioether (sulfide) groups is 1. The van der Waals surface area contributed by atoms with Crippen LogP contribution < -0.4 is 0 Å². The maximum Gasteiger partial charge on any atom is 0.333 e. The molecule has 2 rings (SSSR count). The van der Waals surface area contributed by atoms with E-state index in [0.717, 1.165) is 16.4 Å². The van der Waals surface area contributed by atoms with Crippen molar-refractivity contribution in [3.63, 3.8) is 0 Å². The Hall–Kier alpha value is -1.01. The Morgan fingerprint density at radius 2 is 2.04 bits per heavy atom. The zero-order valence-electron chi connectivity index (χ0n) is 13.8. The molecule has 0 aliphatic carbocycles. The molecular formula is C17H22BrNO3S. The van der Waals surface area contributed by atoms with Gasteiger partial charge in [-0.25, -0.2) is 4.79 Å². The maximum absolute atomic E-state index is 12.6. The van der Waals surface area contributed by atoms with Crippen molar-refractivity contribution in [2.24, 2.45) is 5.41 Å². The number of rotatable bonds is 4. The Morgan fingerprint density at radius 3 is 2.52 bits per heavy atom. The molecule has 1 aliphatic heterocycles. The number of benzene rings is 1. The van der Waals surface area contributed by atoms with E-state index in [0.29, 0.717) is 12.2 Å². The van der Waals surface area contributed by atoms with Crippen LogP contribution in [0.1, 0.15) is 26.3 Å². The third-order valence-electron chi connectivity index (χ3n) is 4.06. The average Bonchev–Trinajstić information content (AvgIpc) is 2.88. The third-order valence-corrected chi connectivity index (χ3v) is 6.48. The lowest BCUT2D eigenvalue weighted by atomic mass is 9.87. The summed E-state index contributed by atoms with van der Waals surface area (Å²) in [7, 11) is 1.38. The van der Waals surface area contributed by atoms with Crippen molar-refractivity contribution < 1.29 is 14.3 Å². The highest BCUT2D eigenvalue weighted by molar-refractivity contribution is 9.10. The molecule has 1 aromatic carbocycles. The van der Waals surface area contributed by atoms with Crippen LogP contribution in [0, 0.1) is 5.41 Å². The Morgan fingerprint density at radius 1 is 1.43 bits per heavy atom. The summed E-state index contributed by atoms with van der Waals surface area (Å²) in [6.45, 7) is 6.23. The Bertz CT molecular complexity index is 584. The minimum atomic E-state index is -0.951. The number of amides is 1. The van der Waals surface area contributed by atoms with Crippen molar-refractivity contribution in [1.82, 2.24) is 4.90 Å². The van der Waals surface area contributed by atoms with E-state index in [-0.39, 0.29) is 16.8 Å². The van der Waals surface area contributed by atoms with Gasteiger partial charge in [0.1, 0.15) is 0 Å². The molecule has 1 heterocycles. The van der Waals surface area contributed by atoms with E-state index in [2.05, 4.69) is 36.7 Å². The summed E-state index contributed by atoms with van der Waals surface area (Å²) < 4.78 is 6.04. The van der Waals surface area contributed by atoms with Crippen molar-refractivity contribution in [2.45, 2.75) is 38.1 Å². The van der Waals surface area contributed by atoms with E-state index >= 15 is 0 Å². The normalized spacial score (nSPS) is 24.6. The topological polar surface area (TPSA) is 46.6 Å². The lowest BCUT2D eigenvalue weighted by Crippen LogP contribution is -2.57. The predicted molar refractivity (Wildman–Crippen MR) is 96.2 cm³/mol. The largest absolute Gasteiger partial charge is 0.467 e. The van der Waals surface area contributed by atoms with Crippen LogP contribution >= 0.6 is 27.7 Å². The van der Waals surface area contributed by atoms with Gasteiger partial charge in [0.05, 0.1) is 12.5 Å². The molecule has 1 aliphatic rings. The summed E-state index contributed by atoms with van der Waals surface area (Å²) in [5, 5.41) is -0.0606. The number of ether oxygens (including phenoxy) is 1. The van der Waals surface area contributed by atoms with E-state index < -0.39 is 5.54 Å². The molecule has 0 aromatic heterocycles. The fourth-order valence-electron chi connectivity index (χ4n) is 2.93. The first-order valence-electron chi connectivity index (χ1n) is 7.43. The van der Waals surface area contributed by atoms with Crippen LogP contribution in [0.2, 0.25) is 0 Å². The molecule has 2 atom stereocenters. The smallest absolute Gasteiger partial charge is 0.333 e. The number of methoxy groups -OCH3 is 1. The molecule has 4 nitrogen and oxygen atoms in total. The maximum atomic E-state index is 12.6. The molecule has 0 saturated carbocycles. The molecule has 23 heavy (non-hydrogen) atoms. The molecule has 0 unspecified atom stereocenters. The van der Waals surface area contributed by atoms with Crippen molar-refractivity contribution in [3.8, 4) is 0 Å². The van der Waals surface area contributed by atoms with E-state index in [1.807, 2.05) is 24.3 Å². The number of carbonyl (C=O) groups excluding carboxylic acids is 2. The van der Waals surface area contributed by atoms with Gasteiger partial charge in [-0.3, -0.25) is 4.79 Å². The molecule has 6 heteroatoms. The predicted octanol–water partition coefficient (Wildman–Crippen LogP) is 3.48. The minimum Gasteiger partial charge on any atom is -0.467 e. The Kier molecular flexibility index (Phi) is 5.46. The Balaban J connectivity index is 2.42. The van der Waals surface area contributed by atoms with Gasteiger partial charge in [0.2, 0.25) is 6.41 Å². The lowest BCUT2D eigenvalue weighted by molar-refractivity contribution is -0.157. The van der Waals surface area contributed by atoms with Gasteiger partial charge < -0.3 is 9.64 Å². The van der Waals surface area contributed by atoms with E-state index in [4.69, 9.17) is 4.74 Å². The van der Waals surface area contributed by atoms with Crippen LogP contribution in [0.25, 0.3) is 0 Å². The second-order valence-electron chi connectivity index (χ2n) is 6.87. The summed E-state index contributed by atoms with van der Waals surface area (Å²) in [6.07, 6.45) is 1.25. The monoisotopic (exact) mass is 399 g/mol. The molecule has 1 aromatic rings. The number of esters is 1. The van der Waals surface area contributed by atoms with Crippen molar-refractivity contribution in [1.29, 1.82) is 0 Å². The molecule has 1 saturated heterocycles. The van der Waals surface area contributed by atoms with Gasteiger partial charge in [0, 0.05) is 16.6 Å². The summed E-state index contributed by atoms with van der Waals surface area (Å²) >= 11 is 5.05.